The maximum Gasteiger partial charge on any atom is 0.0893 e. The van der Waals surface area contributed by atoms with Crippen LogP contribution in [0.2, 0.25) is 0 Å². The van der Waals surface area contributed by atoms with E-state index in [9.17, 15) is 5.11 Å². The molecule has 0 saturated heterocycles. The van der Waals surface area contributed by atoms with E-state index >= 15 is 0 Å². The van der Waals surface area contributed by atoms with Crippen LogP contribution in [-0.2, 0) is 6.54 Å². The Morgan fingerprint density at radius 2 is 2.33 bits per heavy atom. The lowest BCUT2D eigenvalue weighted by Gasteiger charge is -2.17. The maximum atomic E-state index is 9.88. The zero-order valence-electron chi connectivity index (χ0n) is 8.72. The fourth-order valence-electron chi connectivity index (χ4n) is 2.12. The van der Waals surface area contributed by atoms with Gasteiger partial charge in [0, 0.05) is 18.5 Å². The van der Waals surface area contributed by atoms with Crippen LogP contribution >= 0.6 is 11.5 Å². The third-order valence-corrected chi connectivity index (χ3v) is 3.56. The van der Waals surface area contributed by atoms with Crippen LogP contribution in [0.1, 0.15) is 31.4 Å². The second-order valence-corrected chi connectivity index (χ2v) is 4.75. The minimum atomic E-state index is -0.195. The summed E-state index contributed by atoms with van der Waals surface area (Å²) in [6.07, 6.45) is 4.72. The van der Waals surface area contributed by atoms with Crippen molar-refractivity contribution in [2.45, 2.75) is 38.3 Å². The number of nitrogens with one attached hydrogen (secondary N) is 1. The van der Waals surface area contributed by atoms with Crippen molar-refractivity contribution in [3.8, 4) is 0 Å². The summed E-state index contributed by atoms with van der Waals surface area (Å²) in [5.41, 5.74) is 0.957. The quantitative estimate of drug-likeness (QED) is 0.793. The van der Waals surface area contributed by atoms with Crippen LogP contribution < -0.4 is 5.32 Å². The SMILES string of the molecule is OC(CNCc1csnn1)C1CCCC1. The number of hydrogen-bond donors (Lipinski definition) is 2. The molecule has 0 radical (unpaired) electrons. The van der Waals surface area contributed by atoms with Gasteiger partial charge in [-0.3, -0.25) is 0 Å². The first-order chi connectivity index (χ1) is 7.36. The molecule has 1 saturated carbocycles. The van der Waals surface area contributed by atoms with Crippen LogP contribution in [0.15, 0.2) is 5.38 Å². The highest BCUT2D eigenvalue weighted by molar-refractivity contribution is 7.03. The zero-order valence-corrected chi connectivity index (χ0v) is 9.54. The predicted molar refractivity (Wildman–Crippen MR) is 59.6 cm³/mol. The van der Waals surface area contributed by atoms with Gasteiger partial charge in [0.1, 0.15) is 0 Å². The molecule has 0 aliphatic heterocycles. The first kappa shape index (κ1) is 11.0. The third-order valence-electron chi connectivity index (χ3n) is 3.01. The molecular formula is C10H17N3OS. The summed E-state index contributed by atoms with van der Waals surface area (Å²) >= 11 is 1.36. The van der Waals surface area contributed by atoms with Crippen molar-refractivity contribution in [2.75, 3.05) is 6.54 Å². The Kier molecular flexibility index (Phi) is 4.05. The summed E-state index contributed by atoms with van der Waals surface area (Å²) in [5.74, 6) is 0.506. The van der Waals surface area contributed by atoms with Gasteiger partial charge in [-0.15, -0.1) is 5.10 Å². The van der Waals surface area contributed by atoms with Gasteiger partial charge in [-0.05, 0) is 30.3 Å². The van der Waals surface area contributed by atoms with Crippen LogP contribution in [0.4, 0.5) is 0 Å². The van der Waals surface area contributed by atoms with Crippen LogP contribution in [0.25, 0.3) is 0 Å². The first-order valence-corrected chi connectivity index (χ1v) is 6.34. The molecule has 4 nitrogen and oxygen atoms in total. The summed E-state index contributed by atoms with van der Waals surface area (Å²) < 4.78 is 3.79. The van der Waals surface area contributed by atoms with E-state index in [0.29, 0.717) is 19.0 Å². The van der Waals surface area contributed by atoms with E-state index in [1.807, 2.05) is 5.38 Å². The summed E-state index contributed by atoms with van der Waals surface area (Å²) in [4.78, 5) is 0. The monoisotopic (exact) mass is 227 g/mol. The number of aliphatic hydroxyl groups excluding tert-OH is 1. The topological polar surface area (TPSA) is 58.0 Å². The van der Waals surface area contributed by atoms with Gasteiger partial charge in [0.15, 0.2) is 0 Å². The first-order valence-electron chi connectivity index (χ1n) is 5.51. The average molecular weight is 227 g/mol. The summed E-state index contributed by atoms with van der Waals surface area (Å²) in [5, 5.41) is 19.0. The molecule has 1 aliphatic carbocycles. The van der Waals surface area contributed by atoms with Gasteiger partial charge in [0.2, 0.25) is 0 Å². The molecule has 1 aromatic heterocycles. The third kappa shape index (κ3) is 3.22. The lowest BCUT2D eigenvalue weighted by molar-refractivity contribution is 0.109. The van der Waals surface area contributed by atoms with Gasteiger partial charge in [0.25, 0.3) is 0 Å². The van der Waals surface area contributed by atoms with Crippen molar-refractivity contribution >= 4 is 11.5 Å². The zero-order chi connectivity index (χ0) is 10.5. The van der Waals surface area contributed by atoms with Gasteiger partial charge >= 0.3 is 0 Å². The van der Waals surface area contributed by atoms with E-state index in [1.165, 1.54) is 37.2 Å². The van der Waals surface area contributed by atoms with E-state index in [1.54, 1.807) is 0 Å². The van der Waals surface area contributed by atoms with Crippen LogP contribution in [-0.4, -0.2) is 27.3 Å². The lowest BCUT2D eigenvalue weighted by Crippen LogP contribution is -2.31. The van der Waals surface area contributed by atoms with Gasteiger partial charge in [-0.25, -0.2) is 0 Å². The molecule has 0 bridgehead atoms. The molecule has 1 aromatic rings. The Hall–Kier alpha value is -0.520. The highest BCUT2D eigenvalue weighted by atomic mass is 32.1. The van der Waals surface area contributed by atoms with Crippen LogP contribution in [0.5, 0.6) is 0 Å². The largest absolute Gasteiger partial charge is 0.392 e. The van der Waals surface area contributed by atoms with Crippen molar-refractivity contribution in [3.63, 3.8) is 0 Å². The molecule has 1 unspecified atom stereocenters. The molecule has 5 heteroatoms. The van der Waals surface area contributed by atoms with E-state index in [-0.39, 0.29) is 6.10 Å². The highest BCUT2D eigenvalue weighted by Gasteiger charge is 2.22. The second kappa shape index (κ2) is 5.53. The molecule has 0 spiro atoms. The van der Waals surface area contributed by atoms with Gasteiger partial charge in [-0.2, -0.15) is 0 Å². The Bertz CT molecular complexity index is 272. The fraction of sp³-hybridized carbons (Fsp3) is 0.800. The summed E-state index contributed by atoms with van der Waals surface area (Å²) in [6.45, 7) is 1.38. The van der Waals surface area contributed by atoms with Crippen molar-refractivity contribution in [2.24, 2.45) is 5.92 Å². The van der Waals surface area contributed by atoms with E-state index in [2.05, 4.69) is 14.9 Å². The Morgan fingerprint density at radius 1 is 1.53 bits per heavy atom. The minimum absolute atomic E-state index is 0.195. The van der Waals surface area contributed by atoms with E-state index in [0.717, 1.165) is 5.69 Å². The van der Waals surface area contributed by atoms with Crippen molar-refractivity contribution < 1.29 is 5.11 Å². The summed E-state index contributed by atoms with van der Waals surface area (Å²) in [7, 11) is 0. The highest BCUT2D eigenvalue weighted by Crippen LogP contribution is 2.27. The maximum absolute atomic E-state index is 9.88. The molecule has 2 rings (SSSR count). The molecular weight excluding hydrogens is 210 g/mol. The molecule has 15 heavy (non-hydrogen) atoms. The second-order valence-electron chi connectivity index (χ2n) is 4.14. The minimum Gasteiger partial charge on any atom is -0.392 e. The molecule has 84 valence electrons. The fourth-order valence-corrected chi connectivity index (χ4v) is 2.57. The smallest absolute Gasteiger partial charge is 0.0893 e. The van der Waals surface area contributed by atoms with Crippen LogP contribution in [0, 0.1) is 5.92 Å². The van der Waals surface area contributed by atoms with Crippen molar-refractivity contribution in [1.29, 1.82) is 0 Å². The normalized spacial score (nSPS) is 19.5. The van der Waals surface area contributed by atoms with Gasteiger partial charge < -0.3 is 10.4 Å². The average Bonchev–Trinajstić information content (AvgIpc) is 2.90. The summed E-state index contributed by atoms with van der Waals surface area (Å²) in [6, 6.07) is 0. The molecule has 1 heterocycles. The molecule has 1 fully saturated rings. The number of rotatable bonds is 5. The number of hydrogen-bond acceptors (Lipinski definition) is 5. The van der Waals surface area contributed by atoms with Gasteiger partial charge in [0.05, 0.1) is 11.8 Å². The molecule has 0 aromatic carbocycles. The number of aliphatic hydroxyl groups is 1. The molecule has 2 N–H and O–H groups in total. The van der Waals surface area contributed by atoms with E-state index in [4.69, 9.17) is 0 Å². The Morgan fingerprint density at radius 3 is 3.00 bits per heavy atom. The standard InChI is InChI=1S/C10H17N3OS/c14-10(8-3-1-2-4-8)6-11-5-9-7-15-13-12-9/h7-8,10-11,14H,1-6H2. The van der Waals surface area contributed by atoms with Crippen molar-refractivity contribution in [3.05, 3.63) is 11.1 Å². The van der Waals surface area contributed by atoms with Gasteiger partial charge in [-0.1, -0.05) is 17.3 Å². The van der Waals surface area contributed by atoms with Crippen molar-refractivity contribution in [1.82, 2.24) is 14.9 Å². The number of nitrogens with zero attached hydrogens (tertiary/aromatic N) is 2. The predicted octanol–water partition coefficient (Wildman–Crippen LogP) is 1.18. The van der Waals surface area contributed by atoms with E-state index < -0.39 is 0 Å². The molecule has 1 atom stereocenters. The van der Waals surface area contributed by atoms with Crippen LogP contribution in [0.3, 0.4) is 0 Å². The Labute approximate surface area is 93.9 Å². The lowest BCUT2D eigenvalue weighted by atomic mass is 10.0. The molecule has 0 amide bonds. The Balaban J connectivity index is 1.64. The number of aromatic nitrogens is 2. The molecule has 1 aliphatic rings.